The summed E-state index contributed by atoms with van der Waals surface area (Å²) in [5, 5.41) is 16.4. The van der Waals surface area contributed by atoms with Gasteiger partial charge in [-0.15, -0.1) is 5.10 Å². The minimum atomic E-state index is -0.440. The van der Waals surface area contributed by atoms with E-state index in [0.29, 0.717) is 5.02 Å². The van der Waals surface area contributed by atoms with Crippen molar-refractivity contribution in [3.63, 3.8) is 0 Å². The van der Waals surface area contributed by atoms with Crippen molar-refractivity contribution >= 4 is 11.6 Å². The van der Waals surface area contributed by atoms with E-state index in [1.165, 1.54) is 0 Å². The summed E-state index contributed by atoms with van der Waals surface area (Å²) in [7, 11) is 0. The van der Waals surface area contributed by atoms with E-state index in [1.807, 2.05) is 0 Å². The molecule has 0 radical (unpaired) electrons. The lowest BCUT2D eigenvalue weighted by atomic mass is 10.2. The van der Waals surface area contributed by atoms with Crippen molar-refractivity contribution < 1.29 is 9.52 Å². The first-order chi connectivity index (χ1) is 6.25. The first kappa shape index (κ1) is 8.07. The smallest absolute Gasteiger partial charge is 0.412 e. The van der Waals surface area contributed by atoms with Crippen LogP contribution in [0.25, 0.3) is 11.5 Å². The van der Waals surface area contributed by atoms with Crippen LogP contribution in [-0.4, -0.2) is 15.3 Å². The summed E-state index contributed by atoms with van der Waals surface area (Å²) in [5.74, 6) is 0.272. The second-order valence-corrected chi connectivity index (χ2v) is 2.83. The maximum Gasteiger partial charge on any atom is 0.412 e. The number of hydrogen-bond donors (Lipinski definition) is 1. The third-order valence-corrected chi connectivity index (χ3v) is 1.76. The molecule has 0 atom stereocenters. The average molecular weight is 197 g/mol. The monoisotopic (exact) mass is 196 g/mol. The van der Waals surface area contributed by atoms with Gasteiger partial charge < -0.3 is 9.52 Å². The Morgan fingerprint density at radius 2 is 1.85 bits per heavy atom. The number of rotatable bonds is 1. The third kappa shape index (κ3) is 1.62. The molecular weight excluding hydrogens is 192 g/mol. The predicted octanol–water partition coefficient (Wildman–Crippen LogP) is 2.10. The van der Waals surface area contributed by atoms with Crippen LogP contribution in [0.15, 0.2) is 28.7 Å². The molecule has 0 amide bonds. The van der Waals surface area contributed by atoms with Gasteiger partial charge in [-0.25, -0.2) is 0 Å². The highest BCUT2D eigenvalue weighted by molar-refractivity contribution is 6.30. The van der Waals surface area contributed by atoms with Crippen LogP contribution >= 0.6 is 11.6 Å². The van der Waals surface area contributed by atoms with Crippen molar-refractivity contribution in [1.29, 1.82) is 0 Å². The molecule has 1 aromatic carbocycles. The van der Waals surface area contributed by atoms with Crippen LogP contribution in [-0.2, 0) is 0 Å². The van der Waals surface area contributed by atoms with Gasteiger partial charge in [0, 0.05) is 10.6 Å². The Balaban J connectivity index is 2.41. The third-order valence-electron chi connectivity index (χ3n) is 1.51. The molecule has 4 nitrogen and oxygen atoms in total. The van der Waals surface area contributed by atoms with Gasteiger partial charge in [0.05, 0.1) is 0 Å². The van der Waals surface area contributed by atoms with Crippen LogP contribution < -0.4 is 0 Å². The molecule has 2 aromatic rings. The minimum absolute atomic E-state index is 0.272. The minimum Gasteiger partial charge on any atom is -0.465 e. The van der Waals surface area contributed by atoms with Gasteiger partial charge in [-0.3, -0.25) is 0 Å². The molecule has 13 heavy (non-hydrogen) atoms. The number of benzene rings is 1. The molecule has 5 heteroatoms. The van der Waals surface area contributed by atoms with Crippen molar-refractivity contribution in [2.24, 2.45) is 0 Å². The zero-order chi connectivity index (χ0) is 9.26. The summed E-state index contributed by atoms with van der Waals surface area (Å²) in [4.78, 5) is 0. The van der Waals surface area contributed by atoms with Gasteiger partial charge >= 0.3 is 6.08 Å². The highest BCUT2D eigenvalue weighted by Crippen LogP contribution is 2.21. The summed E-state index contributed by atoms with van der Waals surface area (Å²) < 4.78 is 4.80. The zero-order valence-corrected chi connectivity index (χ0v) is 7.19. The van der Waals surface area contributed by atoms with Crippen LogP contribution in [0, 0.1) is 0 Å². The summed E-state index contributed by atoms with van der Waals surface area (Å²) in [6.07, 6.45) is -0.440. The molecule has 0 aliphatic rings. The van der Waals surface area contributed by atoms with Gasteiger partial charge in [-0.1, -0.05) is 16.7 Å². The van der Waals surface area contributed by atoms with E-state index in [2.05, 4.69) is 10.2 Å². The first-order valence-corrected chi connectivity index (χ1v) is 3.92. The second-order valence-electron chi connectivity index (χ2n) is 2.40. The van der Waals surface area contributed by atoms with Crippen molar-refractivity contribution in [3.05, 3.63) is 29.3 Å². The largest absolute Gasteiger partial charge is 0.465 e. The molecule has 66 valence electrons. The summed E-state index contributed by atoms with van der Waals surface area (Å²) in [5.41, 5.74) is 0.720. The SMILES string of the molecule is Oc1nnc(-c2ccc(Cl)cc2)o1. The summed E-state index contributed by atoms with van der Waals surface area (Å²) in [6.45, 7) is 0. The summed E-state index contributed by atoms with van der Waals surface area (Å²) in [6, 6.07) is 6.88. The maximum atomic E-state index is 8.80. The molecule has 1 aromatic heterocycles. The molecule has 0 saturated carbocycles. The molecule has 0 fully saturated rings. The number of hydrogen-bond acceptors (Lipinski definition) is 4. The zero-order valence-electron chi connectivity index (χ0n) is 6.44. The maximum absolute atomic E-state index is 8.80. The van der Waals surface area contributed by atoms with E-state index in [0.717, 1.165) is 5.56 Å². The van der Waals surface area contributed by atoms with Crippen LogP contribution in [0.3, 0.4) is 0 Å². The lowest BCUT2D eigenvalue weighted by Gasteiger charge is -1.92. The molecule has 0 saturated heterocycles. The lowest BCUT2D eigenvalue weighted by Crippen LogP contribution is -1.76. The van der Waals surface area contributed by atoms with Crippen LogP contribution in [0.2, 0.25) is 5.02 Å². The van der Waals surface area contributed by atoms with Gasteiger partial charge in [-0.05, 0) is 24.3 Å². The average Bonchev–Trinajstić information content (AvgIpc) is 2.53. The molecule has 0 aliphatic carbocycles. The van der Waals surface area contributed by atoms with E-state index in [9.17, 15) is 0 Å². The van der Waals surface area contributed by atoms with Gasteiger partial charge in [0.25, 0.3) is 5.89 Å². The van der Waals surface area contributed by atoms with Crippen molar-refractivity contribution in [2.45, 2.75) is 0 Å². The standard InChI is InChI=1S/C8H5ClN2O2/c9-6-3-1-5(2-4-6)7-10-11-8(12)13-7/h1-4H,(H,11,12). The fourth-order valence-electron chi connectivity index (χ4n) is 0.925. The fraction of sp³-hybridized carbons (Fsp3) is 0. The van der Waals surface area contributed by atoms with Crippen LogP contribution in [0.1, 0.15) is 0 Å². The van der Waals surface area contributed by atoms with E-state index in [4.69, 9.17) is 21.1 Å². The normalized spacial score (nSPS) is 10.2. The van der Waals surface area contributed by atoms with E-state index in [1.54, 1.807) is 24.3 Å². The number of halogens is 1. The Morgan fingerprint density at radius 3 is 2.38 bits per heavy atom. The van der Waals surface area contributed by atoms with Crippen LogP contribution in [0.4, 0.5) is 0 Å². The Bertz CT molecular complexity index is 410. The van der Waals surface area contributed by atoms with Gasteiger partial charge in [0.15, 0.2) is 0 Å². The van der Waals surface area contributed by atoms with E-state index < -0.39 is 6.08 Å². The molecule has 1 heterocycles. The lowest BCUT2D eigenvalue weighted by molar-refractivity contribution is 0.320. The predicted molar refractivity (Wildman–Crippen MR) is 46.4 cm³/mol. The van der Waals surface area contributed by atoms with Gasteiger partial charge in [0.2, 0.25) is 0 Å². The van der Waals surface area contributed by atoms with E-state index in [-0.39, 0.29) is 5.89 Å². The Morgan fingerprint density at radius 1 is 1.15 bits per heavy atom. The first-order valence-electron chi connectivity index (χ1n) is 3.54. The highest BCUT2D eigenvalue weighted by atomic mass is 35.5. The Kier molecular flexibility index (Phi) is 1.90. The van der Waals surface area contributed by atoms with Gasteiger partial charge in [-0.2, -0.15) is 0 Å². The molecule has 0 bridgehead atoms. The summed E-state index contributed by atoms with van der Waals surface area (Å²) >= 11 is 5.69. The molecule has 0 unspecified atom stereocenters. The number of nitrogens with zero attached hydrogens (tertiary/aromatic N) is 2. The van der Waals surface area contributed by atoms with Gasteiger partial charge in [0.1, 0.15) is 0 Å². The van der Waals surface area contributed by atoms with Crippen molar-refractivity contribution in [3.8, 4) is 17.5 Å². The number of aromatic nitrogens is 2. The Labute approximate surface area is 78.8 Å². The topological polar surface area (TPSA) is 59.2 Å². The van der Waals surface area contributed by atoms with Crippen LogP contribution in [0.5, 0.6) is 6.08 Å². The van der Waals surface area contributed by atoms with Crippen molar-refractivity contribution in [1.82, 2.24) is 10.2 Å². The molecular formula is C8H5ClN2O2. The molecule has 1 N–H and O–H groups in total. The molecule has 2 rings (SSSR count). The fourth-order valence-corrected chi connectivity index (χ4v) is 1.05. The van der Waals surface area contributed by atoms with Crippen molar-refractivity contribution in [2.75, 3.05) is 0 Å². The number of aromatic hydroxyl groups is 1. The molecule has 0 spiro atoms. The second kappa shape index (κ2) is 3.06. The Hall–Kier alpha value is -1.55. The molecule has 0 aliphatic heterocycles. The highest BCUT2D eigenvalue weighted by Gasteiger charge is 2.05. The van der Waals surface area contributed by atoms with E-state index >= 15 is 0 Å². The quantitative estimate of drug-likeness (QED) is 0.759.